The van der Waals surface area contributed by atoms with Crippen molar-refractivity contribution in [3.8, 4) is 0 Å². The van der Waals surface area contributed by atoms with Crippen molar-refractivity contribution in [1.82, 2.24) is 0 Å². The van der Waals surface area contributed by atoms with Gasteiger partial charge in [0, 0.05) is 23.9 Å². The predicted octanol–water partition coefficient (Wildman–Crippen LogP) is -1.23. The molecule has 0 unspecified atom stereocenters. The molecular formula is C2H2O4Sn. The van der Waals surface area contributed by atoms with Crippen molar-refractivity contribution < 1.29 is 19.8 Å². The fourth-order valence-corrected chi connectivity index (χ4v) is 0. The monoisotopic (exact) mass is 210 g/mol. The molecule has 0 amide bonds. The Labute approximate surface area is 56.1 Å². The van der Waals surface area contributed by atoms with Gasteiger partial charge in [-0.15, -0.1) is 0 Å². The van der Waals surface area contributed by atoms with Gasteiger partial charge in [-0.25, -0.2) is 9.59 Å². The van der Waals surface area contributed by atoms with Crippen molar-refractivity contribution in [2.24, 2.45) is 0 Å². The summed E-state index contributed by atoms with van der Waals surface area (Å²) in [5.41, 5.74) is 0. The van der Waals surface area contributed by atoms with Crippen molar-refractivity contribution in [3.05, 3.63) is 0 Å². The maximum Gasteiger partial charge on any atom is 0.414 e. The normalized spacial score (nSPS) is 6.29. The topological polar surface area (TPSA) is 74.6 Å². The molecule has 0 aromatic carbocycles. The standard InChI is InChI=1S/C2H2O4.Sn/c3-1(4)2(5)6;/h(H,3,4)(H,5,6);. The molecule has 0 spiro atoms. The van der Waals surface area contributed by atoms with Gasteiger partial charge >= 0.3 is 11.9 Å². The van der Waals surface area contributed by atoms with Crippen LogP contribution in [-0.4, -0.2) is 46.1 Å². The summed E-state index contributed by atoms with van der Waals surface area (Å²) >= 11 is 0. The van der Waals surface area contributed by atoms with Crippen molar-refractivity contribution in [3.63, 3.8) is 0 Å². The maximum atomic E-state index is 9.10. The fraction of sp³-hybridized carbons (Fsp3) is 0. The van der Waals surface area contributed by atoms with Crippen LogP contribution in [0.5, 0.6) is 0 Å². The van der Waals surface area contributed by atoms with Crippen LogP contribution in [-0.2, 0) is 9.59 Å². The molecule has 38 valence electrons. The zero-order valence-electron chi connectivity index (χ0n) is 3.21. The summed E-state index contributed by atoms with van der Waals surface area (Å²) in [5, 5.41) is 14.8. The van der Waals surface area contributed by atoms with E-state index >= 15 is 0 Å². The van der Waals surface area contributed by atoms with E-state index in [9.17, 15) is 0 Å². The van der Waals surface area contributed by atoms with E-state index in [1.807, 2.05) is 0 Å². The summed E-state index contributed by atoms with van der Waals surface area (Å²) in [6, 6.07) is 0. The molecule has 4 radical (unpaired) electrons. The van der Waals surface area contributed by atoms with Gasteiger partial charge in [0.05, 0.1) is 0 Å². The Bertz CT molecular complexity index is 75.7. The summed E-state index contributed by atoms with van der Waals surface area (Å²) in [4.78, 5) is 18.2. The van der Waals surface area contributed by atoms with E-state index in [1.165, 1.54) is 0 Å². The van der Waals surface area contributed by atoms with Crippen molar-refractivity contribution in [1.29, 1.82) is 0 Å². The third-order valence-corrected chi connectivity index (χ3v) is 0.183. The molecular weight excluding hydrogens is 207 g/mol. The van der Waals surface area contributed by atoms with E-state index in [0.29, 0.717) is 0 Å². The molecule has 2 N–H and O–H groups in total. The SMILES string of the molecule is O=C(O)C(=O)O.[Sn]. The van der Waals surface area contributed by atoms with Crippen LogP contribution in [0.1, 0.15) is 0 Å². The van der Waals surface area contributed by atoms with Gasteiger partial charge in [0.25, 0.3) is 0 Å². The van der Waals surface area contributed by atoms with Gasteiger partial charge in [-0.1, -0.05) is 0 Å². The van der Waals surface area contributed by atoms with E-state index in [-0.39, 0.29) is 23.9 Å². The summed E-state index contributed by atoms with van der Waals surface area (Å²) in [7, 11) is 0. The van der Waals surface area contributed by atoms with Crippen LogP contribution >= 0.6 is 0 Å². The molecule has 0 bridgehead atoms. The molecule has 0 aliphatic rings. The molecule has 0 heterocycles. The summed E-state index contributed by atoms with van der Waals surface area (Å²) in [5.74, 6) is -3.65. The Morgan fingerprint density at radius 3 is 1.14 bits per heavy atom. The molecule has 0 aromatic heterocycles. The van der Waals surface area contributed by atoms with Gasteiger partial charge in [-0.3, -0.25) is 0 Å². The molecule has 0 fully saturated rings. The van der Waals surface area contributed by atoms with Gasteiger partial charge in [-0.2, -0.15) is 0 Å². The van der Waals surface area contributed by atoms with Crippen LogP contribution in [0, 0.1) is 0 Å². The number of carbonyl (C=O) groups is 2. The fourth-order valence-electron chi connectivity index (χ4n) is 0. The number of carboxylic acids is 2. The van der Waals surface area contributed by atoms with Gasteiger partial charge in [0.2, 0.25) is 0 Å². The Morgan fingerprint density at radius 1 is 1.00 bits per heavy atom. The van der Waals surface area contributed by atoms with Crippen LogP contribution in [0.15, 0.2) is 0 Å². The molecule has 0 rings (SSSR count). The van der Waals surface area contributed by atoms with Crippen molar-refractivity contribution >= 4 is 35.8 Å². The average Bonchev–Trinajstić information content (AvgIpc) is 1.36. The second-order valence-electron chi connectivity index (χ2n) is 0.610. The second kappa shape index (κ2) is 3.91. The molecule has 0 saturated heterocycles. The van der Waals surface area contributed by atoms with Crippen molar-refractivity contribution in [2.75, 3.05) is 0 Å². The van der Waals surface area contributed by atoms with Crippen LogP contribution in [0.4, 0.5) is 0 Å². The van der Waals surface area contributed by atoms with E-state index in [4.69, 9.17) is 19.8 Å². The van der Waals surface area contributed by atoms with Gasteiger partial charge in [0.1, 0.15) is 0 Å². The number of rotatable bonds is 0. The van der Waals surface area contributed by atoms with Crippen LogP contribution in [0.2, 0.25) is 0 Å². The molecule has 4 nitrogen and oxygen atoms in total. The van der Waals surface area contributed by atoms with E-state index in [0.717, 1.165) is 0 Å². The Balaban J connectivity index is 0. The minimum atomic E-state index is -1.82. The Morgan fingerprint density at radius 2 is 1.14 bits per heavy atom. The largest absolute Gasteiger partial charge is 0.473 e. The summed E-state index contributed by atoms with van der Waals surface area (Å²) < 4.78 is 0. The smallest absolute Gasteiger partial charge is 0.414 e. The molecule has 0 aliphatic heterocycles. The molecule has 0 atom stereocenters. The van der Waals surface area contributed by atoms with E-state index < -0.39 is 11.9 Å². The zero-order chi connectivity index (χ0) is 5.15. The van der Waals surface area contributed by atoms with Crippen LogP contribution < -0.4 is 0 Å². The Hall–Kier alpha value is -0.261. The molecule has 5 heteroatoms. The number of carboxylic acid groups (broad SMARTS) is 2. The first kappa shape index (κ1) is 9.88. The van der Waals surface area contributed by atoms with Gasteiger partial charge < -0.3 is 10.2 Å². The molecule has 0 aromatic rings. The number of hydrogen-bond donors (Lipinski definition) is 2. The molecule has 0 aliphatic carbocycles. The maximum absolute atomic E-state index is 9.10. The van der Waals surface area contributed by atoms with E-state index in [2.05, 4.69) is 0 Å². The van der Waals surface area contributed by atoms with E-state index in [1.54, 1.807) is 0 Å². The van der Waals surface area contributed by atoms with Crippen LogP contribution in [0.25, 0.3) is 0 Å². The number of hydrogen-bond acceptors (Lipinski definition) is 2. The molecule has 7 heavy (non-hydrogen) atoms. The first-order valence-electron chi connectivity index (χ1n) is 1.11. The van der Waals surface area contributed by atoms with Gasteiger partial charge in [-0.05, 0) is 0 Å². The van der Waals surface area contributed by atoms with Gasteiger partial charge in [0.15, 0.2) is 0 Å². The first-order valence-corrected chi connectivity index (χ1v) is 1.11. The first-order chi connectivity index (χ1) is 2.64. The minimum absolute atomic E-state index is 0. The number of aliphatic carboxylic acids is 2. The Kier molecular flexibility index (Phi) is 5.52. The predicted molar refractivity (Wildman–Crippen MR) is 21.0 cm³/mol. The average molecular weight is 209 g/mol. The summed E-state index contributed by atoms with van der Waals surface area (Å²) in [6.07, 6.45) is 0. The molecule has 0 saturated carbocycles. The minimum Gasteiger partial charge on any atom is -0.473 e. The second-order valence-corrected chi connectivity index (χ2v) is 0.610. The zero-order valence-corrected chi connectivity index (χ0v) is 6.07. The third-order valence-electron chi connectivity index (χ3n) is 0.183. The third kappa shape index (κ3) is 5.74. The van der Waals surface area contributed by atoms with Crippen molar-refractivity contribution in [2.45, 2.75) is 0 Å². The quantitative estimate of drug-likeness (QED) is 0.387. The summed E-state index contributed by atoms with van der Waals surface area (Å²) in [6.45, 7) is 0. The van der Waals surface area contributed by atoms with Crippen LogP contribution in [0.3, 0.4) is 0 Å².